The number of hydrogen-bond acceptors (Lipinski definition) is 4. The molecule has 1 aliphatic carbocycles. The van der Waals surface area contributed by atoms with E-state index < -0.39 is 6.10 Å². The third-order valence-corrected chi connectivity index (χ3v) is 5.65. The van der Waals surface area contributed by atoms with Gasteiger partial charge in [0.2, 0.25) is 0 Å². The molecule has 0 heterocycles. The third kappa shape index (κ3) is 3.91. The summed E-state index contributed by atoms with van der Waals surface area (Å²) in [6.45, 7) is 4.49. The van der Waals surface area contributed by atoms with Crippen LogP contribution in [0.5, 0.6) is 0 Å². The van der Waals surface area contributed by atoms with Crippen LogP contribution < -0.4 is 0 Å². The van der Waals surface area contributed by atoms with Gasteiger partial charge in [-0.25, -0.2) is 4.79 Å². The Hall–Kier alpha value is -2.69. The van der Waals surface area contributed by atoms with E-state index in [1.54, 1.807) is 7.11 Å². The summed E-state index contributed by atoms with van der Waals surface area (Å²) in [7, 11) is 1.59. The van der Waals surface area contributed by atoms with Gasteiger partial charge in [0.15, 0.2) is 0 Å². The molecular weight excluding hydrogens is 364 g/mol. The van der Waals surface area contributed by atoms with Crippen molar-refractivity contribution in [2.75, 3.05) is 13.9 Å². The number of esters is 1. The first-order chi connectivity index (χ1) is 14.0. The van der Waals surface area contributed by atoms with Gasteiger partial charge in [0, 0.05) is 7.11 Å². The number of carbonyl (C=O) groups excluding carboxylic acids is 1. The van der Waals surface area contributed by atoms with Crippen LogP contribution in [0.2, 0.25) is 0 Å². The number of fused-ring (bicyclic) bond motifs is 2. The summed E-state index contributed by atoms with van der Waals surface area (Å²) < 4.78 is 17.1. The maximum Gasteiger partial charge on any atom is 0.338 e. The third-order valence-electron chi connectivity index (χ3n) is 5.65. The molecule has 0 radical (unpaired) electrons. The van der Waals surface area contributed by atoms with E-state index >= 15 is 0 Å². The van der Waals surface area contributed by atoms with Gasteiger partial charge in [-0.3, -0.25) is 0 Å². The monoisotopic (exact) mass is 390 g/mol. The van der Waals surface area contributed by atoms with Gasteiger partial charge in [-0.15, -0.1) is 0 Å². The van der Waals surface area contributed by atoms with Crippen molar-refractivity contribution in [2.24, 2.45) is 0 Å². The maximum absolute atomic E-state index is 13.0. The minimum atomic E-state index is -0.394. The van der Waals surface area contributed by atoms with Crippen LogP contribution in [0.1, 0.15) is 47.9 Å². The fourth-order valence-electron chi connectivity index (χ4n) is 4.25. The van der Waals surface area contributed by atoms with Crippen molar-refractivity contribution in [2.45, 2.75) is 37.9 Å². The molecule has 1 aliphatic rings. The average molecular weight is 390 g/mol. The van der Waals surface area contributed by atoms with Crippen LogP contribution in [-0.2, 0) is 19.6 Å². The standard InChI is InChI=1S/C25H26O4/c1-25(2)15-22(23(28-16-27-3)20-10-6-7-11-21(20)25)29-24(26)19-13-12-17-8-4-5-9-18(17)14-19/h4-14,22-23H,15-16H2,1-3H3. The van der Waals surface area contributed by atoms with E-state index in [0.29, 0.717) is 12.0 Å². The van der Waals surface area contributed by atoms with Crippen molar-refractivity contribution >= 4 is 16.7 Å². The Kier molecular flexibility index (Phi) is 5.39. The normalized spacial score (nSPS) is 20.2. The van der Waals surface area contributed by atoms with Crippen LogP contribution in [0.15, 0.2) is 66.7 Å². The predicted molar refractivity (Wildman–Crippen MR) is 113 cm³/mol. The van der Waals surface area contributed by atoms with Gasteiger partial charge in [0.05, 0.1) is 5.56 Å². The lowest BCUT2D eigenvalue weighted by Crippen LogP contribution is -2.40. The number of ether oxygens (including phenoxy) is 3. The molecule has 0 amide bonds. The zero-order valence-electron chi connectivity index (χ0n) is 17.1. The second-order valence-electron chi connectivity index (χ2n) is 8.17. The summed E-state index contributed by atoms with van der Waals surface area (Å²) in [5.41, 5.74) is 2.69. The van der Waals surface area contributed by atoms with Crippen molar-refractivity contribution in [1.82, 2.24) is 0 Å². The van der Waals surface area contributed by atoms with E-state index in [2.05, 4.69) is 19.9 Å². The van der Waals surface area contributed by atoms with Gasteiger partial charge < -0.3 is 14.2 Å². The topological polar surface area (TPSA) is 44.8 Å². The quantitative estimate of drug-likeness (QED) is 0.432. The molecule has 3 aromatic rings. The van der Waals surface area contributed by atoms with E-state index in [0.717, 1.165) is 16.3 Å². The molecule has 0 spiro atoms. The highest BCUT2D eigenvalue weighted by atomic mass is 16.7. The Morgan fingerprint density at radius 3 is 2.52 bits per heavy atom. The summed E-state index contributed by atoms with van der Waals surface area (Å²) in [5, 5.41) is 2.11. The Labute approximate surface area is 171 Å². The molecule has 4 nitrogen and oxygen atoms in total. The van der Waals surface area contributed by atoms with Crippen molar-refractivity contribution in [3.63, 3.8) is 0 Å². The van der Waals surface area contributed by atoms with E-state index in [9.17, 15) is 4.79 Å². The van der Waals surface area contributed by atoms with Crippen molar-refractivity contribution in [1.29, 1.82) is 0 Å². The van der Waals surface area contributed by atoms with Crippen LogP contribution >= 0.6 is 0 Å². The highest BCUT2D eigenvalue weighted by Crippen LogP contribution is 2.44. The summed E-state index contributed by atoms with van der Waals surface area (Å²) in [6.07, 6.45) is -0.0739. The van der Waals surface area contributed by atoms with E-state index in [1.807, 2.05) is 60.7 Å². The Bertz CT molecular complexity index is 1020. The molecule has 2 unspecified atom stereocenters. The second-order valence-corrected chi connectivity index (χ2v) is 8.17. The number of benzene rings is 3. The molecule has 4 heteroatoms. The SMILES string of the molecule is COCOC1c2ccccc2C(C)(C)CC1OC(=O)c1ccc2ccccc2c1. The predicted octanol–water partition coefficient (Wildman–Crippen LogP) is 5.41. The fourth-order valence-corrected chi connectivity index (χ4v) is 4.25. The van der Waals surface area contributed by atoms with E-state index in [4.69, 9.17) is 14.2 Å². The summed E-state index contributed by atoms with van der Waals surface area (Å²) in [4.78, 5) is 13.0. The largest absolute Gasteiger partial charge is 0.456 e. The van der Waals surface area contributed by atoms with Crippen LogP contribution in [0.25, 0.3) is 10.8 Å². The van der Waals surface area contributed by atoms with Gasteiger partial charge in [0.1, 0.15) is 19.0 Å². The van der Waals surface area contributed by atoms with E-state index in [-0.39, 0.29) is 24.3 Å². The number of methoxy groups -OCH3 is 1. The molecule has 0 saturated carbocycles. The number of carbonyl (C=O) groups is 1. The molecule has 0 bridgehead atoms. The minimum absolute atomic E-state index is 0.127. The molecule has 0 aliphatic heterocycles. The van der Waals surface area contributed by atoms with Crippen molar-refractivity contribution in [3.8, 4) is 0 Å². The summed E-state index contributed by atoms with van der Waals surface area (Å²) in [5.74, 6) is -0.332. The Morgan fingerprint density at radius 2 is 1.72 bits per heavy atom. The second kappa shape index (κ2) is 7.97. The fraction of sp³-hybridized carbons (Fsp3) is 0.320. The molecule has 0 fully saturated rings. The van der Waals surface area contributed by atoms with Crippen molar-refractivity contribution < 1.29 is 19.0 Å². The molecular formula is C25H26O4. The van der Waals surface area contributed by atoms with Crippen molar-refractivity contribution in [3.05, 3.63) is 83.4 Å². The molecule has 0 N–H and O–H groups in total. The molecule has 29 heavy (non-hydrogen) atoms. The highest BCUT2D eigenvalue weighted by molar-refractivity contribution is 5.95. The first-order valence-corrected chi connectivity index (χ1v) is 9.89. The minimum Gasteiger partial charge on any atom is -0.456 e. The van der Waals surface area contributed by atoms with Gasteiger partial charge >= 0.3 is 5.97 Å². The maximum atomic E-state index is 13.0. The zero-order chi connectivity index (χ0) is 20.4. The summed E-state index contributed by atoms with van der Waals surface area (Å²) >= 11 is 0. The Morgan fingerprint density at radius 1 is 1.00 bits per heavy atom. The molecule has 2 atom stereocenters. The molecule has 0 aromatic heterocycles. The smallest absolute Gasteiger partial charge is 0.338 e. The highest BCUT2D eigenvalue weighted by Gasteiger charge is 2.42. The first kappa shape index (κ1) is 19.6. The van der Waals surface area contributed by atoms with Crippen LogP contribution in [0, 0.1) is 0 Å². The molecule has 150 valence electrons. The first-order valence-electron chi connectivity index (χ1n) is 9.89. The van der Waals surface area contributed by atoms with E-state index in [1.165, 1.54) is 5.56 Å². The van der Waals surface area contributed by atoms with Gasteiger partial charge in [-0.05, 0) is 45.9 Å². The molecule has 0 saturated heterocycles. The average Bonchev–Trinajstić information content (AvgIpc) is 2.73. The Balaban J connectivity index is 1.63. The number of hydrogen-bond donors (Lipinski definition) is 0. The van der Waals surface area contributed by atoms with Gasteiger partial charge in [-0.1, -0.05) is 68.4 Å². The van der Waals surface area contributed by atoms with Crippen LogP contribution in [0.4, 0.5) is 0 Å². The van der Waals surface area contributed by atoms with Gasteiger partial charge in [0.25, 0.3) is 0 Å². The summed E-state index contributed by atoms with van der Waals surface area (Å²) in [6, 6.07) is 21.8. The lowest BCUT2D eigenvalue weighted by molar-refractivity contribution is -0.127. The van der Waals surface area contributed by atoms with Gasteiger partial charge in [-0.2, -0.15) is 0 Å². The zero-order valence-corrected chi connectivity index (χ0v) is 17.1. The lowest BCUT2D eigenvalue weighted by atomic mass is 9.70. The molecule has 4 rings (SSSR count). The van der Waals surface area contributed by atoms with Crippen LogP contribution in [-0.4, -0.2) is 26.0 Å². The number of rotatable bonds is 5. The molecule has 3 aromatic carbocycles. The van der Waals surface area contributed by atoms with Crippen LogP contribution in [0.3, 0.4) is 0 Å². The lowest BCUT2D eigenvalue weighted by Gasteiger charge is -2.41.